The van der Waals surface area contributed by atoms with Crippen LogP contribution < -0.4 is 5.32 Å². The zero-order valence-corrected chi connectivity index (χ0v) is 16.8. The molecule has 0 fully saturated rings. The number of fused-ring (bicyclic) bond motifs is 2. The molecule has 2 heterocycles. The molecule has 0 spiro atoms. The number of aromatic nitrogens is 2. The van der Waals surface area contributed by atoms with E-state index in [1.807, 2.05) is 47.4 Å². The van der Waals surface area contributed by atoms with Crippen LogP contribution in [-0.2, 0) is 19.5 Å². The van der Waals surface area contributed by atoms with Crippen LogP contribution in [0.5, 0.6) is 0 Å². The molecule has 2 aliphatic rings. The second-order valence-corrected chi connectivity index (χ2v) is 7.97. The molecule has 1 atom stereocenters. The van der Waals surface area contributed by atoms with Crippen molar-refractivity contribution in [3.8, 4) is 0 Å². The lowest BCUT2D eigenvalue weighted by Crippen LogP contribution is -2.39. The van der Waals surface area contributed by atoms with Gasteiger partial charge in [-0.25, -0.2) is 0 Å². The highest BCUT2D eigenvalue weighted by atomic mass is 16.2. The first-order chi connectivity index (χ1) is 14.7. The Labute approximate surface area is 175 Å². The monoisotopic (exact) mass is 400 g/mol. The Morgan fingerprint density at radius 3 is 2.73 bits per heavy atom. The van der Waals surface area contributed by atoms with Crippen LogP contribution in [0.3, 0.4) is 0 Å². The highest BCUT2D eigenvalue weighted by Crippen LogP contribution is 2.29. The standard InChI is InChI=1S/C24H24N4O2/c29-23(25-20-12-6-10-18-9-4-5-11-19(18)20)21-15-22-24(30)27(13-14-28(22)26-21)16-17-7-2-1-3-8-17/h1-5,7-9,11,15,20H,6,10,12-14,16H2,(H,25,29)/t20-/m0/s1. The highest BCUT2D eigenvalue weighted by molar-refractivity contribution is 5.98. The summed E-state index contributed by atoms with van der Waals surface area (Å²) < 4.78 is 1.66. The fourth-order valence-corrected chi connectivity index (χ4v) is 4.44. The van der Waals surface area contributed by atoms with E-state index in [1.165, 1.54) is 11.1 Å². The molecule has 0 saturated heterocycles. The molecule has 3 aromatic rings. The fraction of sp³-hybridized carbons (Fsp3) is 0.292. The molecular formula is C24H24N4O2. The van der Waals surface area contributed by atoms with Gasteiger partial charge < -0.3 is 10.2 Å². The maximum Gasteiger partial charge on any atom is 0.272 e. The first kappa shape index (κ1) is 18.6. The zero-order chi connectivity index (χ0) is 20.5. The largest absolute Gasteiger partial charge is 0.344 e. The van der Waals surface area contributed by atoms with Gasteiger partial charge in [-0.3, -0.25) is 14.3 Å². The Balaban J connectivity index is 1.32. The number of benzene rings is 2. The molecule has 5 rings (SSSR count). The Morgan fingerprint density at radius 1 is 1.07 bits per heavy atom. The summed E-state index contributed by atoms with van der Waals surface area (Å²) in [6.45, 7) is 1.73. The number of hydrogen-bond acceptors (Lipinski definition) is 3. The van der Waals surface area contributed by atoms with Gasteiger partial charge in [-0.05, 0) is 36.0 Å². The van der Waals surface area contributed by atoms with Crippen molar-refractivity contribution < 1.29 is 9.59 Å². The van der Waals surface area contributed by atoms with Crippen LogP contribution in [-0.4, -0.2) is 33.0 Å². The summed E-state index contributed by atoms with van der Waals surface area (Å²) in [6, 6.07) is 19.8. The summed E-state index contributed by atoms with van der Waals surface area (Å²) in [4.78, 5) is 27.7. The first-order valence-corrected chi connectivity index (χ1v) is 10.5. The maximum absolute atomic E-state index is 12.9. The van der Waals surface area contributed by atoms with Gasteiger partial charge >= 0.3 is 0 Å². The Kier molecular flexibility index (Phi) is 4.83. The van der Waals surface area contributed by atoms with Crippen LogP contribution in [0.2, 0.25) is 0 Å². The van der Waals surface area contributed by atoms with E-state index >= 15 is 0 Å². The van der Waals surface area contributed by atoms with Crippen molar-refractivity contribution in [3.63, 3.8) is 0 Å². The number of carbonyl (C=O) groups excluding carboxylic acids is 2. The van der Waals surface area contributed by atoms with Gasteiger partial charge in [0.15, 0.2) is 5.69 Å². The fourth-order valence-electron chi connectivity index (χ4n) is 4.44. The Hall–Kier alpha value is -3.41. The number of nitrogens with zero attached hydrogens (tertiary/aromatic N) is 3. The highest BCUT2D eigenvalue weighted by Gasteiger charge is 2.29. The van der Waals surface area contributed by atoms with Crippen molar-refractivity contribution in [2.75, 3.05) is 6.54 Å². The van der Waals surface area contributed by atoms with Crippen molar-refractivity contribution in [1.82, 2.24) is 20.0 Å². The summed E-state index contributed by atoms with van der Waals surface area (Å²) in [5, 5.41) is 7.55. The minimum Gasteiger partial charge on any atom is -0.344 e. The summed E-state index contributed by atoms with van der Waals surface area (Å²) >= 11 is 0. The molecule has 6 nitrogen and oxygen atoms in total. The van der Waals surface area contributed by atoms with Gasteiger partial charge in [0.2, 0.25) is 0 Å². The molecular weight excluding hydrogens is 376 g/mol. The molecule has 0 radical (unpaired) electrons. The lowest BCUT2D eigenvalue weighted by Gasteiger charge is -2.27. The van der Waals surface area contributed by atoms with Crippen molar-refractivity contribution in [1.29, 1.82) is 0 Å². The first-order valence-electron chi connectivity index (χ1n) is 10.5. The minimum absolute atomic E-state index is 0.00791. The summed E-state index contributed by atoms with van der Waals surface area (Å²) in [5.41, 5.74) is 4.36. The molecule has 0 saturated carbocycles. The van der Waals surface area contributed by atoms with Crippen LogP contribution in [0.1, 0.15) is 56.6 Å². The molecule has 0 unspecified atom stereocenters. The van der Waals surface area contributed by atoms with E-state index in [4.69, 9.17) is 0 Å². The molecule has 6 heteroatoms. The van der Waals surface area contributed by atoms with Crippen molar-refractivity contribution in [2.45, 2.75) is 38.4 Å². The van der Waals surface area contributed by atoms with Gasteiger partial charge in [-0.15, -0.1) is 0 Å². The number of amides is 2. The van der Waals surface area contributed by atoms with Crippen molar-refractivity contribution in [2.24, 2.45) is 0 Å². The average Bonchev–Trinajstić information content (AvgIpc) is 3.22. The lowest BCUT2D eigenvalue weighted by molar-refractivity contribution is 0.0683. The van der Waals surface area contributed by atoms with Crippen LogP contribution in [0.15, 0.2) is 60.7 Å². The van der Waals surface area contributed by atoms with E-state index < -0.39 is 0 Å². The van der Waals surface area contributed by atoms with E-state index in [0.29, 0.717) is 31.0 Å². The second-order valence-electron chi connectivity index (χ2n) is 7.97. The van der Waals surface area contributed by atoms with E-state index in [9.17, 15) is 9.59 Å². The van der Waals surface area contributed by atoms with Gasteiger partial charge in [0.25, 0.3) is 11.8 Å². The number of nitrogens with one attached hydrogen (secondary N) is 1. The van der Waals surface area contributed by atoms with E-state index in [2.05, 4.69) is 22.5 Å². The molecule has 1 aliphatic carbocycles. The molecule has 2 amide bonds. The molecule has 1 aromatic heterocycles. The van der Waals surface area contributed by atoms with Gasteiger partial charge in [-0.2, -0.15) is 5.10 Å². The van der Waals surface area contributed by atoms with Gasteiger partial charge in [-0.1, -0.05) is 54.6 Å². The van der Waals surface area contributed by atoms with Crippen LogP contribution in [0.4, 0.5) is 0 Å². The van der Waals surface area contributed by atoms with Crippen molar-refractivity contribution >= 4 is 11.8 Å². The molecule has 30 heavy (non-hydrogen) atoms. The molecule has 1 N–H and O–H groups in total. The smallest absolute Gasteiger partial charge is 0.272 e. The molecule has 152 valence electrons. The number of rotatable bonds is 4. The van der Waals surface area contributed by atoms with Crippen LogP contribution >= 0.6 is 0 Å². The van der Waals surface area contributed by atoms with E-state index in [0.717, 1.165) is 24.8 Å². The van der Waals surface area contributed by atoms with Gasteiger partial charge in [0.1, 0.15) is 5.69 Å². The quantitative estimate of drug-likeness (QED) is 0.730. The SMILES string of the molecule is O=C(N[C@H]1CCCc2ccccc21)c1cc2n(n1)CCN(Cc1ccccc1)C2=O. The molecule has 1 aliphatic heterocycles. The lowest BCUT2D eigenvalue weighted by atomic mass is 9.87. The number of aryl methyl sites for hydroxylation is 1. The third kappa shape index (κ3) is 3.49. The van der Waals surface area contributed by atoms with Crippen LogP contribution in [0.25, 0.3) is 0 Å². The predicted octanol–water partition coefficient (Wildman–Crippen LogP) is 3.35. The predicted molar refractivity (Wildman–Crippen MR) is 113 cm³/mol. The van der Waals surface area contributed by atoms with Crippen molar-refractivity contribution in [3.05, 3.63) is 88.7 Å². The Bertz CT molecular complexity index is 1090. The number of hydrogen-bond donors (Lipinski definition) is 1. The molecule has 0 bridgehead atoms. The van der Waals surface area contributed by atoms with Crippen LogP contribution in [0, 0.1) is 0 Å². The molecule has 2 aromatic carbocycles. The van der Waals surface area contributed by atoms with E-state index in [1.54, 1.807) is 10.7 Å². The van der Waals surface area contributed by atoms with Gasteiger partial charge in [0.05, 0.1) is 12.6 Å². The minimum atomic E-state index is -0.221. The second kappa shape index (κ2) is 7.78. The Morgan fingerprint density at radius 2 is 1.87 bits per heavy atom. The summed E-state index contributed by atoms with van der Waals surface area (Å²) in [7, 11) is 0. The third-order valence-electron chi connectivity index (χ3n) is 5.99. The zero-order valence-electron chi connectivity index (χ0n) is 16.8. The topological polar surface area (TPSA) is 67.2 Å². The summed E-state index contributed by atoms with van der Waals surface area (Å²) in [6.07, 6.45) is 3.02. The average molecular weight is 400 g/mol. The maximum atomic E-state index is 12.9. The van der Waals surface area contributed by atoms with E-state index in [-0.39, 0.29) is 17.9 Å². The normalized spacial score (nSPS) is 17.9. The third-order valence-corrected chi connectivity index (χ3v) is 5.99. The number of carbonyl (C=O) groups is 2. The summed E-state index contributed by atoms with van der Waals surface area (Å²) in [5.74, 6) is -0.305. The van der Waals surface area contributed by atoms with Gasteiger partial charge in [0, 0.05) is 19.2 Å².